The number of hydrogen-bond acceptors (Lipinski definition) is 3. The van der Waals surface area contributed by atoms with Gasteiger partial charge in [0.05, 0.1) is 5.69 Å². The molecule has 0 saturated carbocycles. The van der Waals surface area contributed by atoms with Crippen molar-refractivity contribution in [2.75, 3.05) is 0 Å². The van der Waals surface area contributed by atoms with Gasteiger partial charge in [-0.1, -0.05) is 13.8 Å². The molecule has 1 rings (SSSR count). The predicted molar refractivity (Wildman–Crippen MR) is 56.6 cm³/mol. The van der Waals surface area contributed by atoms with Crippen LogP contribution in [0.2, 0.25) is 0 Å². The highest BCUT2D eigenvalue weighted by atomic mass is 16.4. The number of hydrogen-bond donors (Lipinski definition) is 2. The highest BCUT2D eigenvalue weighted by Gasteiger charge is 2.36. The Labute approximate surface area is 88.9 Å². The highest BCUT2D eigenvalue weighted by Crippen LogP contribution is 2.26. The van der Waals surface area contributed by atoms with Crippen LogP contribution in [0.15, 0.2) is 6.07 Å². The van der Waals surface area contributed by atoms with Gasteiger partial charge in [0.15, 0.2) is 0 Å². The van der Waals surface area contributed by atoms with Crippen molar-refractivity contribution in [1.29, 1.82) is 0 Å². The van der Waals surface area contributed by atoms with Crippen LogP contribution in [0.25, 0.3) is 0 Å². The lowest BCUT2D eigenvalue weighted by Gasteiger charge is -2.28. The average molecular weight is 211 g/mol. The molecule has 5 nitrogen and oxygen atoms in total. The molecule has 0 amide bonds. The van der Waals surface area contributed by atoms with Crippen LogP contribution in [0.5, 0.6) is 0 Å². The summed E-state index contributed by atoms with van der Waals surface area (Å²) in [7, 11) is 1.79. The van der Waals surface area contributed by atoms with Gasteiger partial charge in [-0.3, -0.25) is 9.48 Å². The van der Waals surface area contributed by atoms with E-state index in [1.807, 2.05) is 26.8 Å². The first kappa shape index (κ1) is 11.7. The van der Waals surface area contributed by atoms with Crippen molar-refractivity contribution < 1.29 is 9.90 Å². The number of nitrogens with zero attached hydrogens (tertiary/aromatic N) is 2. The van der Waals surface area contributed by atoms with E-state index in [0.717, 1.165) is 11.4 Å². The second-order valence-corrected chi connectivity index (χ2v) is 4.33. The summed E-state index contributed by atoms with van der Waals surface area (Å²) in [6.45, 7) is 5.48. The van der Waals surface area contributed by atoms with E-state index in [9.17, 15) is 4.79 Å². The second kappa shape index (κ2) is 3.66. The Hall–Kier alpha value is -1.36. The predicted octanol–water partition coefficient (Wildman–Crippen LogP) is 0.418. The van der Waals surface area contributed by atoms with Gasteiger partial charge < -0.3 is 10.8 Å². The maximum Gasteiger partial charge on any atom is 0.321 e. The van der Waals surface area contributed by atoms with Gasteiger partial charge in [-0.2, -0.15) is 5.10 Å². The molecular formula is C10H17N3O2. The monoisotopic (exact) mass is 211 g/mol. The summed E-state index contributed by atoms with van der Waals surface area (Å²) in [6, 6.07) is 0.926. The Morgan fingerprint density at radius 1 is 1.67 bits per heavy atom. The number of nitrogens with two attached hydrogens (primary N) is 1. The van der Waals surface area contributed by atoms with E-state index >= 15 is 0 Å². The fourth-order valence-corrected chi connectivity index (χ4v) is 1.68. The molecule has 5 heteroatoms. The van der Waals surface area contributed by atoms with E-state index in [0.29, 0.717) is 0 Å². The topological polar surface area (TPSA) is 81.1 Å². The van der Waals surface area contributed by atoms with Gasteiger partial charge in [0.2, 0.25) is 0 Å². The molecule has 0 fully saturated rings. The fraction of sp³-hybridized carbons (Fsp3) is 0.600. The van der Waals surface area contributed by atoms with Crippen LogP contribution in [-0.2, 0) is 17.3 Å². The SMILES string of the molecule is Cc1cc(C(C)(C)C(N)C(=O)O)n(C)n1. The Kier molecular flexibility index (Phi) is 2.86. The Bertz CT molecular complexity index is 382. The summed E-state index contributed by atoms with van der Waals surface area (Å²) in [4.78, 5) is 10.9. The van der Waals surface area contributed by atoms with Crippen LogP contribution >= 0.6 is 0 Å². The average Bonchev–Trinajstić information content (AvgIpc) is 2.44. The van der Waals surface area contributed by atoms with Crippen molar-refractivity contribution in [3.8, 4) is 0 Å². The van der Waals surface area contributed by atoms with Gasteiger partial charge in [-0.25, -0.2) is 0 Å². The smallest absolute Gasteiger partial charge is 0.321 e. The Balaban J connectivity index is 3.15. The minimum absolute atomic E-state index is 0.637. The van der Waals surface area contributed by atoms with Gasteiger partial charge in [-0.15, -0.1) is 0 Å². The third-order valence-electron chi connectivity index (χ3n) is 2.71. The first-order valence-corrected chi connectivity index (χ1v) is 4.76. The molecule has 15 heavy (non-hydrogen) atoms. The first-order valence-electron chi connectivity index (χ1n) is 4.76. The van der Waals surface area contributed by atoms with Crippen LogP contribution < -0.4 is 5.73 Å². The highest BCUT2D eigenvalue weighted by molar-refractivity contribution is 5.75. The quantitative estimate of drug-likeness (QED) is 0.759. The largest absolute Gasteiger partial charge is 0.480 e. The van der Waals surface area contributed by atoms with Crippen molar-refractivity contribution in [3.05, 3.63) is 17.5 Å². The van der Waals surface area contributed by atoms with E-state index in [1.165, 1.54) is 0 Å². The lowest BCUT2D eigenvalue weighted by Crippen LogP contribution is -2.47. The summed E-state index contributed by atoms with van der Waals surface area (Å²) in [5, 5.41) is 13.1. The molecule has 0 spiro atoms. The normalized spacial score (nSPS) is 13.9. The molecule has 0 radical (unpaired) electrons. The molecule has 0 aromatic carbocycles. The molecule has 1 atom stereocenters. The number of rotatable bonds is 3. The molecule has 84 valence electrons. The lowest BCUT2D eigenvalue weighted by atomic mass is 9.81. The van der Waals surface area contributed by atoms with Gasteiger partial charge in [0.1, 0.15) is 6.04 Å². The van der Waals surface area contributed by atoms with Crippen LogP contribution in [0, 0.1) is 6.92 Å². The van der Waals surface area contributed by atoms with Gasteiger partial charge in [-0.05, 0) is 13.0 Å². The molecule has 3 N–H and O–H groups in total. The molecule has 1 unspecified atom stereocenters. The van der Waals surface area contributed by atoms with Crippen molar-refractivity contribution in [3.63, 3.8) is 0 Å². The Morgan fingerprint density at radius 2 is 2.20 bits per heavy atom. The summed E-state index contributed by atoms with van der Waals surface area (Å²) < 4.78 is 1.68. The summed E-state index contributed by atoms with van der Waals surface area (Å²) in [5.41, 5.74) is 6.71. The van der Waals surface area contributed by atoms with Crippen molar-refractivity contribution >= 4 is 5.97 Å². The van der Waals surface area contributed by atoms with Crippen LogP contribution in [0.4, 0.5) is 0 Å². The van der Waals surface area contributed by atoms with Crippen molar-refractivity contribution in [2.45, 2.75) is 32.2 Å². The number of carboxylic acids is 1. The van der Waals surface area contributed by atoms with E-state index in [4.69, 9.17) is 10.8 Å². The molecule has 1 aromatic rings. The minimum Gasteiger partial charge on any atom is -0.480 e. The molecular weight excluding hydrogens is 194 g/mol. The molecule has 0 aliphatic heterocycles. The lowest BCUT2D eigenvalue weighted by molar-refractivity contribution is -0.140. The van der Waals surface area contributed by atoms with Crippen LogP contribution in [-0.4, -0.2) is 26.9 Å². The third kappa shape index (κ3) is 2.02. The number of carboxylic acid groups (broad SMARTS) is 1. The molecule has 1 heterocycles. The third-order valence-corrected chi connectivity index (χ3v) is 2.71. The van der Waals surface area contributed by atoms with Crippen LogP contribution in [0.1, 0.15) is 25.2 Å². The fourth-order valence-electron chi connectivity index (χ4n) is 1.68. The second-order valence-electron chi connectivity index (χ2n) is 4.33. The van der Waals surface area contributed by atoms with E-state index < -0.39 is 17.4 Å². The Morgan fingerprint density at radius 3 is 2.53 bits per heavy atom. The van der Waals surface area contributed by atoms with E-state index in [1.54, 1.807) is 11.7 Å². The van der Waals surface area contributed by atoms with E-state index in [-0.39, 0.29) is 0 Å². The molecule has 0 aliphatic rings. The van der Waals surface area contributed by atoms with Gasteiger partial charge in [0, 0.05) is 18.2 Å². The van der Waals surface area contributed by atoms with Gasteiger partial charge >= 0.3 is 5.97 Å². The first-order chi connectivity index (χ1) is 6.76. The number of carbonyl (C=O) groups is 1. The zero-order chi connectivity index (χ0) is 11.8. The van der Waals surface area contributed by atoms with Crippen LogP contribution in [0.3, 0.4) is 0 Å². The van der Waals surface area contributed by atoms with Gasteiger partial charge in [0.25, 0.3) is 0 Å². The summed E-state index contributed by atoms with van der Waals surface area (Å²) in [5.74, 6) is -1.00. The van der Waals surface area contributed by atoms with Crippen molar-refractivity contribution in [1.82, 2.24) is 9.78 Å². The van der Waals surface area contributed by atoms with Crippen molar-refractivity contribution in [2.24, 2.45) is 12.8 Å². The molecule has 0 aliphatic carbocycles. The minimum atomic E-state index is -1.00. The number of aliphatic carboxylic acids is 1. The van der Waals surface area contributed by atoms with E-state index in [2.05, 4.69) is 5.10 Å². The molecule has 0 bridgehead atoms. The summed E-state index contributed by atoms with van der Waals surface area (Å²) >= 11 is 0. The maximum absolute atomic E-state index is 10.9. The number of aromatic nitrogens is 2. The molecule has 0 saturated heterocycles. The maximum atomic E-state index is 10.9. The zero-order valence-corrected chi connectivity index (χ0v) is 9.48. The standard InChI is InChI=1S/C10H17N3O2/c1-6-5-7(13(4)12-6)10(2,3)8(11)9(14)15/h5,8H,11H2,1-4H3,(H,14,15). The summed E-state index contributed by atoms with van der Waals surface area (Å²) in [6.07, 6.45) is 0. The molecule has 1 aromatic heterocycles. The number of aryl methyl sites for hydroxylation is 2. The zero-order valence-electron chi connectivity index (χ0n) is 9.48.